The van der Waals surface area contributed by atoms with Gasteiger partial charge >= 0.3 is 0 Å². The molecule has 0 unspecified atom stereocenters. The summed E-state index contributed by atoms with van der Waals surface area (Å²) in [6.07, 6.45) is 9.70. The monoisotopic (exact) mass is 338 g/mol. The predicted octanol–water partition coefficient (Wildman–Crippen LogP) is 4.96. The van der Waals surface area contributed by atoms with E-state index in [0.717, 1.165) is 12.0 Å². The molecule has 25 heavy (non-hydrogen) atoms. The Morgan fingerprint density at radius 3 is 2.68 bits per heavy atom. The van der Waals surface area contributed by atoms with Crippen molar-refractivity contribution in [2.45, 2.75) is 51.6 Å². The molecule has 0 atom stereocenters. The minimum atomic E-state index is 0.0221. The molecule has 3 rings (SSSR count). The number of pyridine rings is 1. The van der Waals surface area contributed by atoms with Crippen LogP contribution in [0.2, 0.25) is 0 Å². The Bertz CT molecular complexity index is 667. The Labute approximate surface area is 149 Å². The summed E-state index contributed by atoms with van der Waals surface area (Å²) in [5.74, 6) is 1.84. The number of hydrogen-bond acceptors (Lipinski definition) is 3. The fourth-order valence-electron chi connectivity index (χ4n) is 3.34. The van der Waals surface area contributed by atoms with Crippen LogP contribution in [0.1, 0.15) is 50.5 Å². The largest absolute Gasteiger partial charge is 0.485 e. The number of hydrogen-bond donors (Lipinski definition) is 1. The fraction of sp³-hybridized carbons (Fsp3) is 0.429. The molecular formula is C21H26N2O2. The Hall–Kier alpha value is -2.36. The number of ether oxygens (including phenoxy) is 1. The van der Waals surface area contributed by atoms with Crippen LogP contribution in [0.3, 0.4) is 0 Å². The highest BCUT2D eigenvalue weighted by molar-refractivity contribution is 5.91. The van der Waals surface area contributed by atoms with Gasteiger partial charge in [-0.2, -0.15) is 0 Å². The van der Waals surface area contributed by atoms with Crippen molar-refractivity contribution in [2.75, 3.05) is 5.32 Å². The molecule has 1 aromatic carbocycles. The van der Waals surface area contributed by atoms with Crippen LogP contribution in [0.25, 0.3) is 0 Å². The quantitative estimate of drug-likeness (QED) is 0.776. The van der Waals surface area contributed by atoms with E-state index in [1.807, 2.05) is 42.5 Å². The molecule has 1 aromatic heterocycles. The predicted molar refractivity (Wildman–Crippen MR) is 99.4 cm³/mol. The Morgan fingerprint density at radius 2 is 1.88 bits per heavy atom. The van der Waals surface area contributed by atoms with Crippen LogP contribution in [0, 0.1) is 5.92 Å². The zero-order valence-electron chi connectivity index (χ0n) is 14.6. The molecule has 0 bridgehead atoms. The summed E-state index contributed by atoms with van der Waals surface area (Å²) in [7, 11) is 0. The highest BCUT2D eigenvalue weighted by Crippen LogP contribution is 2.28. The average molecular weight is 338 g/mol. The van der Waals surface area contributed by atoms with Crippen molar-refractivity contribution in [3.05, 3.63) is 54.2 Å². The van der Waals surface area contributed by atoms with Crippen molar-refractivity contribution >= 4 is 11.7 Å². The molecule has 4 nitrogen and oxygen atoms in total. The van der Waals surface area contributed by atoms with Gasteiger partial charge in [0.2, 0.25) is 5.91 Å². The SMILES string of the molecule is O=C(CCC1CCCCC1)Nc1ncccc1OCc1ccccc1. The number of aromatic nitrogens is 1. The van der Waals surface area contributed by atoms with Crippen LogP contribution in [0.4, 0.5) is 5.82 Å². The number of carbonyl (C=O) groups excluding carboxylic acids is 1. The summed E-state index contributed by atoms with van der Waals surface area (Å²) in [5, 5.41) is 2.91. The van der Waals surface area contributed by atoms with Gasteiger partial charge in [-0.1, -0.05) is 62.4 Å². The van der Waals surface area contributed by atoms with Gasteiger partial charge in [0.05, 0.1) is 0 Å². The summed E-state index contributed by atoms with van der Waals surface area (Å²) in [6.45, 7) is 0.456. The molecule has 1 saturated carbocycles. The third-order valence-electron chi connectivity index (χ3n) is 4.77. The Morgan fingerprint density at radius 1 is 1.08 bits per heavy atom. The van der Waals surface area contributed by atoms with E-state index < -0.39 is 0 Å². The Kier molecular flexibility index (Phi) is 6.43. The summed E-state index contributed by atoms with van der Waals surface area (Å²) < 4.78 is 5.84. The van der Waals surface area contributed by atoms with Gasteiger partial charge in [0.15, 0.2) is 11.6 Å². The molecule has 4 heteroatoms. The van der Waals surface area contributed by atoms with E-state index in [1.54, 1.807) is 6.20 Å². The molecule has 1 N–H and O–H groups in total. The third kappa shape index (κ3) is 5.59. The van der Waals surface area contributed by atoms with Crippen molar-refractivity contribution in [3.8, 4) is 5.75 Å². The number of amides is 1. The van der Waals surface area contributed by atoms with Gasteiger partial charge in [0.1, 0.15) is 6.61 Å². The van der Waals surface area contributed by atoms with E-state index in [1.165, 1.54) is 32.1 Å². The molecule has 1 heterocycles. The zero-order valence-corrected chi connectivity index (χ0v) is 14.6. The maximum Gasteiger partial charge on any atom is 0.225 e. The minimum absolute atomic E-state index is 0.0221. The first kappa shape index (κ1) is 17.5. The van der Waals surface area contributed by atoms with E-state index in [-0.39, 0.29) is 5.91 Å². The van der Waals surface area contributed by atoms with E-state index in [4.69, 9.17) is 4.74 Å². The fourth-order valence-corrected chi connectivity index (χ4v) is 3.34. The smallest absolute Gasteiger partial charge is 0.225 e. The molecule has 2 aromatic rings. The average Bonchev–Trinajstić information content (AvgIpc) is 2.67. The highest BCUT2D eigenvalue weighted by atomic mass is 16.5. The van der Waals surface area contributed by atoms with Crippen molar-refractivity contribution < 1.29 is 9.53 Å². The first-order valence-electron chi connectivity index (χ1n) is 9.23. The lowest BCUT2D eigenvalue weighted by Gasteiger charge is -2.21. The lowest BCUT2D eigenvalue weighted by Crippen LogP contribution is -2.16. The van der Waals surface area contributed by atoms with Crippen LogP contribution < -0.4 is 10.1 Å². The molecule has 1 aliphatic carbocycles. The molecule has 1 aliphatic rings. The zero-order chi connectivity index (χ0) is 17.3. The molecule has 0 radical (unpaired) electrons. The molecular weight excluding hydrogens is 312 g/mol. The van der Waals surface area contributed by atoms with Crippen LogP contribution >= 0.6 is 0 Å². The van der Waals surface area contributed by atoms with Crippen molar-refractivity contribution in [1.82, 2.24) is 4.98 Å². The second-order valence-electron chi connectivity index (χ2n) is 6.72. The molecule has 0 saturated heterocycles. The lowest BCUT2D eigenvalue weighted by molar-refractivity contribution is -0.116. The van der Waals surface area contributed by atoms with Crippen molar-refractivity contribution in [3.63, 3.8) is 0 Å². The van der Waals surface area contributed by atoms with Gasteiger partial charge in [-0.25, -0.2) is 4.98 Å². The molecule has 132 valence electrons. The van der Waals surface area contributed by atoms with Crippen molar-refractivity contribution in [1.29, 1.82) is 0 Å². The summed E-state index contributed by atoms with van der Waals surface area (Å²) in [5.41, 5.74) is 1.08. The van der Waals surface area contributed by atoms with Crippen LogP contribution in [-0.4, -0.2) is 10.9 Å². The summed E-state index contributed by atoms with van der Waals surface area (Å²) in [4.78, 5) is 16.5. The minimum Gasteiger partial charge on any atom is -0.485 e. The van der Waals surface area contributed by atoms with Gasteiger partial charge in [-0.05, 0) is 30.0 Å². The number of rotatable bonds is 7. The summed E-state index contributed by atoms with van der Waals surface area (Å²) in [6, 6.07) is 13.6. The van der Waals surface area contributed by atoms with Gasteiger partial charge in [0.25, 0.3) is 0 Å². The summed E-state index contributed by atoms with van der Waals surface area (Å²) >= 11 is 0. The Balaban J connectivity index is 1.52. The number of anilines is 1. The highest BCUT2D eigenvalue weighted by Gasteiger charge is 2.16. The van der Waals surface area contributed by atoms with Gasteiger partial charge in [-0.15, -0.1) is 0 Å². The number of benzene rings is 1. The second-order valence-corrected chi connectivity index (χ2v) is 6.72. The molecule has 0 aliphatic heterocycles. The number of nitrogens with one attached hydrogen (secondary N) is 1. The molecule has 1 amide bonds. The molecule has 1 fully saturated rings. The standard InChI is InChI=1S/C21H26N2O2/c24-20(14-13-17-8-3-1-4-9-17)23-21-19(12-7-15-22-21)25-16-18-10-5-2-6-11-18/h2,5-7,10-12,15,17H,1,3-4,8-9,13-14,16H2,(H,22,23,24). The van der Waals surface area contributed by atoms with Crippen LogP contribution in [-0.2, 0) is 11.4 Å². The van der Waals surface area contributed by atoms with E-state index in [0.29, 0.717) is 30.5 Å². The van der Waals surface area contributed by atoms with Crippen LogP contribution in [0.15, 0.2) is 48.7 Å². The number of nitrogens with zero attached hydrogens (tertiary/aromatic N) is 1. The number of carbonyl (C=O) groups is 1. The maximum absolute atomic E-state index is 12.3. The van der Waals surface area contributed by atoms with E-state index >= 15 is 0 Å². The normalized spacial score (nSPS) is 14.9. The van der Waals surface area contributed by atoms with Gasteiger partial charge in [-0.3, -0.25) is 4.79 Å². The lowest BCUT2D eigenvalue weighted by atomic mass is 9.86. The first-order chi connectivity index (χ1) is 12.3. The molecule has 0 spiro atoms. The van der Waals surface area contributed by atoms with Gasteiger partial charge in [0, 0.05) is 12.6 Å². The van der Waals surface area contributed by atoms with Gasteiger partial charge < -0.3 is 10.1 Å². The van der Waals surface area contributed by atoms with E-state index in [9.17, 15) is 4.79 Å². The van der Waals surface area contributed by atoms with E-state index in [2.05, 4.69) is 10.3 Å². The first-order valence-corrected chi connectivity index (χ1v) is 9.23. The van der Waals surface area contributed by atoms with Crippen molar-refractivity contribution in [2.24, 2.45) is 5.92 Å². The third-order valence-corrected chi connectivity index (χ3v) is 4.77. The van der Waals surface area contributed by atoms with Crippen LogP contribution in [0.5, 0.6) is 5.75 Å². The topological polar surface area (TPSA) is 51.2 Å². The maximum atomic E-state index is 12.3. The second kappa shape index (κ2) is 9.21.